The Bertz CT molecular complexity index is 572. The molecule has 0 aliphatic heterocycles. The normalized spacial score (nSPS) is 10.4. The zero-order valence-electron chi connectivity index (χ0n) is 9.09. The molecule has 0 spiro atoms. The molecule has 2 rings (SSSR count). The lowest BCUT2D eigenvalue weighted by molar-refractivity contribution is 0.476. The predicted molar refractivity (Wildman–Crippen MR) is 72.5 cm³/mol. The highest BCUT2D eigenvalue weighted by Gasteiger charge is 2.07. The van der Waals surface area contributed by atoms with Gasteiger partial charge < -0.3 is 4.74 Å². The van der Waals surface area contributed by atoms with Crippen LogP contribution in [-0.4, -0.2) is 0 Å². The van der Waals surface area contributed by atoms with Gasteiger partial charge in [-0.3, -0.25) is 0 Å². The van der Waals surface area contributed by atoms with E-state index >= 15 is 0 Å². The molecule has 0 saturated heterocycles. The Morgan fingerprint density at radius 3 is 2.50 bits per heavy atom. The molecule has 94 valence electrons. The maximum absolute atomic E-state index is 13.0. The van der Waals surface area contributed by atoms with E-state index in [2.05, 4.69) is 0 Å². The minimum absolute atomic E-state index is 0.00823. The van der Waals surface area contributed by atoms with Crippen LogP contribution in [0.15, 0.2) is 36.4 Å². The number of hydrogen-bond donors (Lipinski definition) is 0. The fourth-order valence-corrected chi connectivity index (χ4v) is 1.99. The highest BCUT2D eigenvalue weighted by atomic mass is 35.5. The molecule has 0 fully saturated rings. The van der Waals surface area contributed by atoms with E-state index in [0.717, 1.165) is 5.56 Å². The first-order valence-electron chi connectivity index (χ1n) is 5.07. The van der Waals surface area contributed by atoms with E-state index in [1.807, 2.05) is 0 Å². The van der Waals surface area contributed by atoms with Crippen LogP contribution in [0.2, 0.25) is 10.0 Å². The van der Waals surface area contributed by atoms with Gasteiger partial charge in [0, 0.05) is 16.7 Å². The van der Waals surface area contributed by atoms with Crippen LogP contribution in [0, 0.1) is 5.82 Å². The van der Waals surface area contributed by atoms with Crippen molar-refractivity contribution < 1.29 is 9.13 Å². The van der Waals surface area contributed by atoms with E-state index in [0.29, 0.717) is 16.5 Å². The summed E-state index contributed by atoms with van der Waals surface area (Å²) in [6.45, 7) is 0. The van der Waals surface area contributed by atoms with Gasteiger partial charge in [-0.2, -0.15) is 0 Å². The van der Waals surface area contributed by atoms with E-state index in [1.54, 1.807) is 18.2 Å². The number of rotatable bonds is 3. The Morgan fingerprint density at radius 2 is 1.83 bits per heavy atom. The number of ether oxygens (including phenoxy) is 1. The van der Waals surface area contributed by atoms with Gasteiger partial charge in [-0.15, -0.1) is 11.6 Å². The smallest absolute Gasteiger partial charge is 0.142 e. The van der Waals surface area contributed by atoms with Crippen LogP contribution in [0.4, 0.5) is 4.39 Å². The van der Waals surface area contributed by atoms with E-state index in [-0.39, 0.29) is 10.9 Å². The molecular weight excluding hydrogens is 297 g/mol. The Balaban J connectivity index is 2.30. The van der Waals surface area contributed by atoms with Crippen LogP contribution in [-0.2, 0) is 5.88 Å². The molecule has 0 heterocycles. The Labute approximate surface area is 119 Å². The summed E-state index contributed by atoms with van der Waals surface area (Å²) in [4.78, 5) is 0. The minimum Gasteiger partial charge on any atom is -0.457 e. The molecular formula is C13H8Cl3FO. The van der Waals surface area contributed by atoms with Gasteiger partial charge in [-0.1, -0.05) is 23.2 Å². The minimum atomic E-state index is -0.488. The van der Waals surface area contributed by atoms with Gasteiger partial charge in [0.2, 0.25) is 0 Å². The summed E-state index contributed by atoms with van der Waals surface area (Å²) in [5.74, 6) is 0.787. The second-order valence-corrected chi connectivity index (χ2v) is 4.67. The summed E-state index contributed by atoms with van der Waals surface area (Å²) in [7, 11) is 0. The zero-order chi connectivity index (χ0) is 13.1. The first-order chi connectivity index (χ1) is 8.60. The molecule has 0 aliphatic carbocycles. The van der Waals surface area contributed by atoms with Gasteiger partial charge in [-0.05, 0) is 30.3 Å². The van der Waals surface area contributed by atoms with Gasteiger partial charge >= 0.3 is 0 Å². The summed E-state index contributed by atoms with van der Waals surface area (Å²) < 4.78 is 18.6. The van der Waals surface area contributed by atoms with E-state index in [9.17, 15) is 4.39 Å². The SMILES string of the molecule is Fc1ccc(Oc2ccc(Cl)cc2CCl)cc1Cl. The summed E-state index contributed by atoms with van der Waals surface area (Å²) in [6.07, 6.45) is 0. The van der Waals surface area contributed by atoms with Crippen molar-refractivity contribution in [3.05, 3.63) is 57.8 Å². The fourth-order valence-electron chi connectivity index (χ4n) is 1.42. The van der Waals surface area contributed by atoms with Gasteiger partial charge in [0.15, 0.2) is 0 Å². The van der Waals surface area contributed by atoms with Crippen molar-refractivity contribution in [2.75, 3.05) is 0 Å². The molecule has 1 nitrogen and oxygen atoms in total. The van der Waals surface area contributed by atoms with Crippen molar-refractivity contribution in [1.82, 2.24) is 0 Å². The van der Waals surface area contributed by atoms with Crippen LogP contribution in [0.3, 0.4) is 0 Å². The number of benzene rings is 2. The monoisotopic (exact) mass is 304 g/mol. The predicted octanol–water partition coefficient (Wildman–Crippen LogP) is 5.66. The Morgan fingerprint density at radius 1 is 1.06 bits per heavy atom. The van der Waals surface area contributed by atoms with Crippen LogP contribution in [0.5, 0.6) is 11.5 Å². The molecule has 5 heteroatoms. The van der Waals surface area contributed by atoms with Crippen molar-refractivity contribution in [3.8, 4) is 11.5 Å². The van der Waals surface area contributed by atoms with Crippen molar-refractivity contribution >= 4 is 34.8 Å². The summed E-state index contributed by atoms with van der Waals surface area (Å²) in [5, 5.41) is 0.587. The molecule has 0 unspecified atom stereocenters. The molecule has 18 heavy (non-hydrogen) atoms. The lowest BCUT2D eigenvalue weighted by atomic mass is 10.2. The number of halogens is 4. The van der Waals surface area contributed by atoms with Gasteiger partial charge in [0.25, 0.3) is 0 Å². The molecule has 0 atom stereocenters. The average molecular weight is 306 g/mol. The standard InChI is InChI=1S/C13H8Cl3FO/c14-7-8-5-9(15)1-4-13(8)18-10-2-3-12(17)11(16)6-10/h1-6H,7H2. The Hall–Kier alpha value is -0.960. The summed E-state index contributed by atoms with van der Waals surface area (Å²) in [6, 6.07) is 9.26. The summed E-state index contributed by atoms with van der Waals surface area (Å²) in [5.41, 5.74) is 0.754. The zero-order valence-corrected chi connectivity index (χ0v) is 11.4. The van der Waals surface area contributed by atoms with Crippen LogP contribution < -0.4 is 4.74 Å². The molecule has 0 N–H and O–H groups in total. The van der Waals surface area contributed by atoms with Crippen molar-refractivity contribution in [2.45, 2.75) is 5.88 Å². The van der Waals surface area contributed by atoms with E-state index in [4.69, 9.17) is 39.5 Å². The first kappa shape index (κ1) is 13.5. The largest absolute Gasteiger partial charge is 0.457 e. The van der Waals surface area contributed by atoms with Crippen LogP contribution >= 0.6 is 34.8 Å². The number of alkyl halides is 1. The van der Waals surface area contributed by atoms with Crippen molar-refractivity contribution in [3.63, 3.8) is 0 Å². The molecule has 0 saturated carbocycles. The highest BCUT2D eigenvalue weighted by Crippen LogP contribution is 2.30. The van der Waals surface area contributed by atoms with Gasteiger partial charge in [-0.25, -0.2) is 4.39 Å². The average Bonchev–Trinajstić information content (AvgIpc) is 2.36. The second kappa shape index (κ2) is 5.79. The summed E-state index contributed by atoms with van der Waals surface area (Å²) >= 11 is 17.3. The third-order valence-corrected chi connectivity index (χ3v) is 3.10. The molecule has 0 bridgehead atoms. The quantitative estimate of drug-likeness (QED) is 0.664. The topological polar surface area (TPSA) is 9.23 Å². The molecule has 0 amide bonds. The van der Waals surface area contributed by atoms with Gasteiger partial charge in [0.1, 0.15) is 17.3 Å². The highest BCUT2D eigenvalue weighted by molar-refractivity contribution is 6.31. The first-order valence-corrected chi connectivity index (χ1v) is 6.36. The van der Waals surface area contributed by atoms with E-state index in [1.165, 1.54) is 18.2 Å². The maximum Gasteiger partial charge on any atom is 0.142 e. The fraction of sp³-hybridized carbons (Fsp3) is 0.0769. The van der Waals surface area contributed by atoms with E-state index < -0.39 is 5.82 Å². The molecule has 0 radical (unpaired) electrons. The molecule has 2 aromatic carbocycles. The third kappa shape index (κ3) is 3.08. The Kier molecular flexibility index (Phi) is 4.33. The van der Waals surface area contributed by atoms with Crippen molar-refractivity contribution in [1.29, 1.82) is 0 Å². The molecule has 2 aromatic rings. The van der Waals surface area contributed by atoms with Gasteiger partial charge in [0.05, 0.1) is 10.9 Å². The van der Waals surface area contributed by atoms with Crippen LogP contribution in [0.1, 0.15) is 5.56 Å². The van der Waals surface area contributed by atoms with Crippen LogP contribution in [0.25, 0.3) is 0 Å². The van der Waals surface area contributed by atoms with Crippen molar-refractivity contribution in [2.24, 2.45) is 0 Å². The molecule has 0 aromatic heterocycles. The maximum atomic E-state index is 13.0. The third-order valence-electron chi connectivity index (χ3n) is 2.29. The number of hydrogen-bond acceptors (Lipinski definition) is 1. The lowest BCUT2D eigenvalue weighted by Gasteiger charge is -2.10. The lowest BCUT2D eigenvalue weighted by Crippen LogP contribution is -1.90. The molecule has 0 aliphatic rings. The second-order valence-electron chi connectivity index (χ2n) is 3.56.